The Labute approximate surface area is 201 Å². The molecule has 33 heavy (non-hydrogen) atoms. The van der Waals surface area contributed by atoms with E-state index < -0.39 is 0 Å². The van der Waals surface area contributed by atoms with E-state index in [0.29, 0.717) is 34.4 Å². The molecule has 0 radical (unpaired) electrons. The number of methoxy groups -OCH3 is 2. The van der Waals surface area contributed by atoms with E-state index in [1.807, 2.05) is 11.8 Å². The van der Waals surface area contributed by atoms with Gasteiger partial charge in [0.15, 0.2) is 0 Å². The topological polar surface area (TPSA) is 97.1 Å². The molecular weight excluding hydrogens is 444 g/mol. The highest BCUT2D eigenvalue weighted by Crippen LogP contribution is 2.29. The molecule has 2 aliphatic heterocycles. The van der Waals surface area contributed by atoms with Gasteiger partial charge in [-0.15, -0.1) is 0 Å². The molecule has 184 valence electrons. The molecule has 3 rings (SSSR count). The molecule has 3 atom stereocenters. The Kier molecular flexibility index (Phi) is 9.23. The van der Waals surface area contributed by atoms with E-state index in [1.165, 1.54) is 13.2 Å². The molecule has 1 aromatic rings. The third kappa shape index (κ3) is 6.52. The number of rotatable bonds is 8. The maximum atomic E-state index is 13.0. The first-order chi connectivity index (χ1) is 15.9. The summed E-state index contributed by atoms with van der Waals surface area (Å²) in [5.41, 5.74) is 6.56. The molecule has 2 amide bonds. The van der Waals surface area contributed by atoms with Gasteiger partial charge in [0.05, 0.1) is 35.5 Å². The average Bonchev–Trinajstić information content (AvgIpc) is 2.81. The minimum Gasteiger partial charge on any atom is -0.496 e. The van der Waals surface area contributed by atoms with Crippen LogP contribution in [0.4, 0.5) is 5.69 Å². The number of nitrogens with two attached hydrogens (primary N) is 1. The van der Waals surface area contributed by atoms with E-state index in [2.05, 4.69) is 10.2 Å². The van der Waals surface area contributed by atoms with Crippen molar-refractivity contribution in [2.45, 2.75) is 51.2 Å². The van der Waals surface area contributed by atoms with Crippen LogP contribution in [0.15, 0.2) is 12.1 Å². The molecule has 3 N–H and O–H groups in total. The van der Waals surface area contributed by atoms with E-state index in [4.69, 9.17) is 26.8 Å². The van der Waals surface area contributed by atoms with Gasteiger partial charge in [0.25, 0.3) is 5.91 Å². The Bertz CT molecular complexity index is 837. The Hall–Kier alpha value is -2.03. The molecule has 2 aliphatic rings. The zero-order valence-electron chi connectivity index (χ0n) is 19.9. The van der Waals surface area contributed by atoms with E-state index in [1.54, 1.807) is 13.2 Å². The highest BCUT2D eigenvalue weighted by molar-refractivity contribution is 6.33. The van der Waals surface area contributed by atoms with Crippen LogP contribution in [0.5, 0.6) is 5.75 Å². The Morgan fingerprint density at radius 1 is 1.21 bits per heavy atom. The van der Waals surface area contributed by atoms with Crippen molar-refractivity contribution in [1.82, 2.24) is 15.1 Å². The number of piperidine rings is 2. The highest BCUT2D eigenvalue weighted by Gasteiger charge is 2.33. The van der Waals surface area contributed by atoms with Gasteiger partial charge in [-0.05, 0) is 37.7 Å². The summed E-state index contributed by atoms with van der Waals surface area (Å²) < 4.78 is 11.1. The van der Waals surface area contributed by atoms with Gasteiger partial charge in [0, 0.05) is 52.3 Å². The molecule has 8 nitrogen and oxygen atoms in total. The predicted octanol–water partition coefficient (Wildman–Crippen LogP) is 2.79. The fourth-order valence-corrected chi connectivity index (χ4v) is 5.05. The second-order valence-corrected chi connectivity index (χ2v) is 9.48. The van der Waals surface area contributed by atoms with Crippen molar-refractivity contribution >= 4 is 29.1 Å². The number of benzene rings is 1. The third-order valence-corrected chi connectivity index (χ3v) is 7.01. The Balaban J connectivity index is 1.57. The van der Waals surface area contributed by atoms with Crippen molar-refractivity contribution in [3.63, 3.8) is 0 Å². The molecule has 9 heteroatoms. The number of hydrogen-bond acceptors (Lipinski definition) is 6. The van der Waals surface area contributed by atoms with Gasteiger partial charge in [-0.1, -0.05) is 18.5 Å². The minimum atomic E-state index is -0.258. The Morgan fingerprint density at radius 3 is 2.70 bits per heavy atom. The first-order valence-corrected chi connectivity index (χ1v) is 12.2. The second-order valence-electron chi connectivity index (χ2n) is 9.07. The Morgan fingerprint density at radius 2 is 2.00 bits per heavy atom. The number of amides is 2. The van der Waals surface area contributed by atoms with Crippen molar-refractivity contribution in [1.29, 1.82) is 0 Å². The molecule has 1 aromatic carbocycles. The fourth-order valence-electron chi connectivity index (χ4n) is 4.89. The number of carbonyl (C=O) groups is 2. The van der Waals surface area contributed by atoms with Gasteiger partial charge >= 0.3 is 0 Å². The summed E-state index contributed by atoms with van der Waals surface area (Å²) in [5, 5.41) is 3.41. The first-order valence-electron chi connectivity index (χ1n) is 11.8. The molecule has 0 bridgehead atoms. The van der Waals surface area contributed by atoms with E-state index in [9.17, 15) is 9.59 Å². The number of ether oxygens (including phenoxy) is 2. The predicted molar refractivity (Wildman–Crippen MR) is 130 cm³/mol. The number of nitrogens with one attached hydrogen (secondary N) is 1. The van der Waals surface area contributed by atoms with Crippen LogP contribution in [0.1, 0.15) is 49.4 Å². The monoisotopic (exact) mass is 480 g/mol. The van der Waals surface area contributed by atoms with Crippen molar-refractivity contribution in [2.75, 3.05) is 52.7 Å². The summed E-state index contributed by atoms with van der Waals surface area (Å²) in [6.45, 7) is 6.31. The van der Waals surface area contributed by atoms with Gasteiger partial charge in [-0.3, -0.25) is 9.59 Å². The van der Waals surface area contributed by atoms with Crippen molar-refractivity contribution < 1.29 is 19.1 Å². The number of anilines is 1. The zero-order chi connectivity index (χ0) is 24.0. The van der Waals surface area contributed by atoms with Gasteiger partial charge in [-0.25, -0.2) is 0 Å². The van der Waals surface area contributed by atoms with Crippen LogP contribution in [-0.4, -0.2) is 80.7 Å². The van der Waals surface area contributed by atoms with Gasteiger partial charge < -0.3 is 30.3 Å². The van der Waals surface area contributed by atoms with Crippen LogP contribution in [0.25, 0.3) is 0 Å². The molecule has 0 spiro atoms. The van der Waals surface area contributed by atoms with Crippen LogP contribution in [0.2, 0.25) is 5.02 Å². The molecule has 0 aromatic heterocycles. The molecule has 2 fully saturated rings. The molecular formula is C24H37ClN4O4. The lowest BCUT2D eigenvalue weighted by molar-refractivity contribution is -0.133. The quantitative estimate of drug-likeness (QED) is 0.555. The van der Waals surface area contributed by atoms with Gasteiger partial charge in [-0.2, -0.15) is 0 Å². The number of likely N-dealkylation sites (tertiary alicyclic amines) is 2. The molecule has 0 saturated carbocycles. The lowest BCUT2D eigenvalue weighted by Gasteiger charge is -2.41. The summed E-state index contributed by atoms with van der Waals surface area (Å²) in [5.74, 6) is 0.882. The van der Waals surface area contributed by atoms with Gasteiger partial charge in [0.2, 0.25) is 5.91 Å². The normalized spacial score (nSPS) is 23.9. The fraction of sp³-hybridized carbons (Fsp3) is 0.667. The summed E-state index contributed by atoms with van der Waals surface area (Å²) >= 11 is 6.13. The van der Waals surface area contributed by atoms with E-state index in [-0.39, 0.29) is 24.0 Å². The SMILES string of the molecule is CCCC(=O)N1CCCC(CN2CC[C@@H](NC(=O)c3cc(Cl)c(N)cc3OC)[C@@H](OC)C2)C1. The maximum absolute atomic E-state index is 13.0. The number of nitrogen functional groups attached to an aromatic ring is 1. The van der Waals surface area contributed by atoms with Crippen LogP contribution < -0.4 is 15.8 Å². The van der Waals surface area contributed by atoms with Crippen molar-refractivity contribution in [3.05, 3.63) is 22.7 Å². The van der Waals surface area contributed by atoms with Crippen molar-refractivity contribution in [3.8, 4) is 5.75 Å². The summed E-state index contributed by atoms with van der Waals surface area (Å²) in [4.78, 5) is 29.7. The maximum Gasteiger partial charge on any atom is 0.255 e. The third-order valence-electron chi connectivity index (χ3n) is 6.68. The molecule has 2 saturated heterocycles. The molecule has 0 aliphatic carbocycles. The van der Waals surface area contributed by atoms with Crippen molar-refractivity contribution in [2.24, 2.45) is 5.92 Å². The lowest BCUT2D eigenvalue weighted by atomic mass is 9.94. The summed E-state index contributed by atoms with van der Waals surface area (Å²) in [6, 6.07) is 2.98. The summed E-state index contributed by atoms with van der Waals surface area (Å²) in [7, 11) is 3.18. The summed E-state index contributed by atoms with van der Waals surface area (Å²) in [6.07, 6.45) is 4.38. The standard InChI is InChI=1S/C24H37ClN4O4/c1-4-6-23(30)29-9-5-7-16(14-29)13-28-10-8-20(22(15-28)33-3)27-24(31)17-11-18(25)19(26)12-21(17)32-2/h11-12,16,20,22H,4-10,13-15,26H2,1-3H3,(H,27,31)/t16?,20-,22+/m1/s1. The molecule has 1 unspecified atom stereocenters. The van der Waals surface area contributed by atoms with Crippen LogP contribution in [0, 0.1) is 5.92 Å². The minimum absolute atomic E-state index is 0.117. The first kappa shape index (κ1) is 25.6. The average molecular weight is 481 g/mol. The van der Waals surface area contributed by atoms with Crippen LogP contribution in [0.3, 0.4) is 0 Å². The smallest absolute Gasteiger partial charge is 0.255 e. The number of nitrogens with zero attached hydrogens (tertiary/aromatic N) is 2. The number of halogens is 1. The van der Waals surface area contributed by atoms with E-state index in [0.717, 1.165) is 58.4 Å². The van der Waals surface area contributed by atoms with Gasteiger partial charge in [0.1, 0.15) is 5.75 Å². The van der Waals surface area contributed by atoms with E-state index >= 15 is 0 Å². The number of carbonyl (C=O) groups excluding carboxylic acids is 2. The van der Waals surface area contributed by atoms with Crippen LogP contribution >= 0.6 is 11.6 Å². The molecule has 2 heterocycles. The highest BCUT2D eigenvalue weighted by atomic mass is 35.5. The number of hydrogen-bond donors (Lipinski definition) is 2. The van der Waals surface area contributed by atoms with Crippen LogP contribution in [-0.2, 0) is 9.53 Å². The second kappa shape index (κ2) is 11.9. The lowest BCUT2D eigenvalue weighted by Crippen LogP contribution is -2.56. The largest absolute Gasteiger partial charge is 0.496 e. The zero-order valence-corrected chi connectivity index (χ0v) is 20.7.